The molecule has 1 aromatic carbocycles. The number of benzene rings is 1. The van der Waals surface area contributed by atoms with Gasteiger partial charge in [-0.25, -0.2) is 8.42 Å². The quantitative estimate of drug-likeness (QED) is 0.512. The van der Waals surface area contributed by atoms with E-state index in [1.165, 1.54) is 6.26 Å². The average molecular weight is 297 g/mol. The molecule has 0 heterocycles. The van der Waals surface area contributed by atoms with Gasteiger partial charge in [0.1, 0.15) is 15.6 Å². The standard InChI is InChI=1S/C14H19NO4S/c1-20(17,18)10-4-9-19-14-8-3-5-11-12(14)6-2-7-13(11)15-16/h3,5,8,16H,2,4,6-7,9-10H2,1H3. The van der Waals surface area contributed by atoms with Gasteiger partial charge in [-0.2, -0.15) is 0 Å². The maximum Gasteiger partial charge on any atom is 0.147 e. The average Bonchev–Trinajstić information content (AvgIpc) is 2.42. The van der Waals surface area contributed by atoms with Gasteiger partial charge >= 0.3 is 0 Å². The van der Waals surface area contributed by atoms with Crippen LogP contribution < -0.4 is 4.74 Å². The molecule has 5 nitrogen and oxygen atoms in total. The number of ether oxygens (including phenoxy) is 1. The van der Waals surface area contributed by atoms with Crippen molar-refractivity contribution in [3.8, 4) is 5.75 Å². The Morgan fingerprint density at radius 3 is 2.85 bits per heavy atom. The minimum Gasteiger partial charge on any atom is -0.493 e. The maximum atomic E-state index is 11.1. The Labute approximate surface area is 119 Å². The van der Waals surface area contributed by atoms with Gasteiger partial charge in [0.15, 0.2) is 0 Å². The number of oxime groups is 1. The van der Waals surface area contributed by atoms with E-state index >= 15 is 0 Å². The second-order valence-corrected chi connectivity index (χ2v) is 7.27. The van der Waals surface area contributed by atoms with Gasteiger partial charge in [-0.15, -0.1) is 0 Å². The zero-order valence-electron chi connectivity index (χ0n) is 11.5. The highest BCUT2D eigenvalue weighted by Gasteiger charge is 2.19. The summed E-state index contributed by atoms with van der Waals surface area (Å²) < 4.78 is 27.8. The first-order chi connectivity index (χ1) is 9.51. The molecular weight excluding hydrogens is 278 g/mol. The van der Waals surface area contributed by atoms with Crippen LogP contribution in [0.1, 0.15) is 30.4 Å². The Balaban J connectivity index is 2.06. The van der Waals surface area contributed by atoms with Gasteiger partial charge in [0.25, 0.3) is 0 Å². The molecule has 2 rings (SSSR count). The molecule has 1 aromatic rings. The van der Waals surface area contributed by atoms with Crippen LogP contribution in [0, 0.1) is 0 Å². The summed E-state index contributed by atoms with van der Waals surface area (Å²) in [6.45, 7) is 0.370. The zero-order valence-corrected chi connectivity index (χ0v) is 12.3. The molecule has 0 aliphatic heterocycles. The predicted molar refractivity (Wildman–Crippen MR) is 77.5 cm³/mol. The van der Waals surface area contributed by atoms with E-state index in [0.29, 0.717) is 18.7 Å². The van der Waals surface area contributed by atoms with Crippen molar-refractivity contribution < 1.29 is 18.4 Å². The van der Waals surface area contributed by atoms with Crippen molar-refractivity contribution in [1.29, 1.82) is 0 Å². The Bertz CT molecular complexity index is 608. The van der Waals surface area contributed by atoms with E-state index in [4.69, 9.17) is 9.94 Å². The van der Waals surface area contributed by atoms with E-state index in [2.05, 4.69) is 5.16 Å². The lowest BCUT2D eigenvalue weighted by atomic mass is 9.89. The van der Waals surface area contributed by atoms with Gasteiger partial charge in [0.05, 0.1) is 18.1 Å². The molecule has 0 saturated carbocycles. The van der Waals surface area contributed by atoms with Gasteiger partial charge in [-0.05, 0) is 31.7 Å². The first-order valence-corrected chi connectivity index (χ1v) is 8.71. The van der Waals surface area contributed by atoms with Crippen LogP contribution >= 0.6 is 0 Å². The Morgan fingerprint density at radius 2 is 2.15 bits per heavy atom. The Kier molecular flexibility index (Phi) is 4.65. The molecule has 1 aliphatic carbocycles. The molecule has 0 unspecified atom stereocenters. The smallest absolute Gasteiger partial charge is 0.147 e. The molecule has 1 aliphatic rings. The van der Waals surface area contributed by atoms with Crippen LogP contribution in [-0.2, 0) is 16.3 Å². The van der Waals surface area contributed by atoms with Crippen LogP contribution in [-0.4, -0.2) is 38.0 Å². The zero-order chi connectivity index (χ0) is 14.6. The molecule has 0 spiro atoms. The second-order valence-electron chi connectivity index (χ2n) is 5.01. The van der Waals surface area contributed by atoms with E-state index in [1.54, 1.807) is 0 Å². The summed E-state index contributed by atoms with van der Waals surface area (Å²) in [7, 11) is -2.94. The summed E-state index contributed by atoms with van der Waals surface area (Å²) in [5, 5.41) is 12.4. The van der Waals surface area contributed by atoms with Crippen molar-refractivity contribution >= 4 is 15.5 Å². The second kappa shape index (κ2) is 6.26. The molecule has 20 heavy (non-hydrogen) atoms. The first-order valence-electron chi connectivity index (χ1n) is 6.65. The van der Waals surface area contributed by atoms with Gasteiger partial charge in [-0.3, -0.25) is 0 Å². The van der Waals surface area contributed by atoms with Crippen LogP contribution in [0.3, 0.4) is 0 Å². The molecule has 0 atom stereocenters. The number of rotatable bonds is 5. The van der Waals surface area contributed by atoms with Crippen LogP contribution in [0.15, 0.2) is 23.4 Å². The lowest BCUT2D eigenvalue weighted by Crippen LogP contribution is -2.14. The lowest BCUT2D eigenvalue weighted by Gasteiger charge is -2.20. The van der Waals surface area contributed by atoms with E-state index in [9.17, 15) is 8.42 Å². The van der Waals surface area contributed by atoms with Gasteiger partial charge < -0.3 is 9.94 Å². The normalized spacial score (nSPS) is 16.9. The lowest BCUT2D eigenvalue weighted by molar-refractivity contribution is 0.311. The van der Waals surface area contributed by atoms with Crippen LogP contribution in [0.4, 0.5) is 0 Å². The molecule has 1 N–H and O–H groups in total. The maximum absolute atomic E-state index is 11.1. The highest BCUT2D eigenvalue weighted by Crippen LogP contribution is 2.30. The van der Waals surface area contributed by atoms with Crippen molar-refractivity contribution in [2.75, 3.05) is 18.6 Å². The van der Waals surface area contributed by atoms with Crippen molar-refractivity contribution in [2.45, 2.75) is 25.7 Å². The van der Waals surface area contributed by atoms with E-state index in [1.807, 2.05) is 18.2 Å². The molecule has 0 radical (unpaired) electrons. The van der Waals surface area contributed by atoms with Gasteiger partial charge in [-0.1, -0.05) is 17.3 Å². The Morgan fingerprint density at radius 1 is 1.35 bits per heavy atom. The predicted octanol–water partition coefficient (Wildman–Crippen LogP) is 2.01. The molecule has 0 aromatic heterocycles. The summed E-state index contributed by atoms with van der Waals surface area (Å²) in [5.74, 6) is 0.891. The van der Waals surface area contributed by atoms with E-state index < -0.39 is 9.84 Å². The third kappa shape index (κ3) is 3.72. The van der Waals surface area contributed by atoms with Crippen LogP contribution in [0.25, 0.3) is 0 Å². The third-order valence-electron chi connectivity index (χ3n) is 3.32. The number of fused-ring (bicyclic) bond motifs is 1. The SMILES string of the molecule is CS(=O)(=O)CCCOc1cccc2c1CCCC2=NO. The summed E-state index contributed by atoms with van der Waals surface area (Å²) in [5.41, 5.74) is 2.66. The fourth-order valence-electron chi connectivity index (χ4n) is 2.40. The minimum absolute atomic E-state index is 0.130. The van der Waals surface area contributed by atoms with Crippen molar-refractivity contribution in [3.63, 3.8) is 0 Å². The summed E-state index contributed by atoms with van der Waals surface area (Å²) >= 11 is 0. The van der Waals surface area contributed by atoms with Gasteiger partial charge in [0, 0.05) is 17.4 Å². The van der Waals surface area contributed by atoms with Crippen molar-refractivity contribution in [2.24, 2.45) is 5.16 Å². The largest absolute Gasteiger partial charge is 0.493 e. The number of sulfone groups is 1. The van der Waals surface area contributed by atoms with E-state index in [-0.39, 0.29) is 5.75 Å². The van der Waals surface area contributed by atoms with Crippen LogP contribution in [0.2, 0.25) is 0 Å². The van der Waals surface area contributed by atoms with Crippen LogP contribution in [0.5, 0.6) is 5.75 Å². The number of hydrogen-bond acceptors (Lipinski definition) is 5. The summed E-state index contributed by atoms with van der Waals surface area (Å²) in [4.78, 5) is 0. The summed E-state index contributed by atoms with van der Waals surface area (Å²) in [6, 6.07) is 5.66. The van der Waals surface area contributed by atoms with Crippen molar-refractivity contribution in [3.05, 3.63) is 29.3 Å². The van der Waals surface area contributed by atoms with E-state index in [0.717, 1.165) is 36.1 Å². The Hall–Kier alpha value is -1.56. The molecule has 0 saturated heterocycles. The molecule has 6 heteroatoms. The molecular formula is C14H19NO4S. The fourth-order valence-corrected chi connectivity index (χ4v) is 3.05. The van der Waals surface area contributed by atoms with Gasteiger partial charge in [0.2, 0.25) is 0 Å². The number of hydrogen-bond donors (Lipinski definition) is 1. The first kappa shape index (κ1) is 14.8. The number of nitrogens with zero attached hydrogens (tertiary/aromatic N) is 1. The summed E-state index contributed by atoms with van der Waals surface area (Å²) in [6.07, 6.45) is 4.28. The molecule has 0 fully saturated rings. The monoisotopic (exact) mass is 297 g/mol. The molecule has 0 amide bonds. The third-order valence-corrected chi connectivity index (χ3v) is 4.35. The molecule has 0 bridgehead atoms. The topological polar surface area (TPSA) is 76.0 Å². The fraction of sp³-hybridized carbons (Fsp3) is 0.500. The minimum atomic E-state index is -2.94. The highest BCUT2D eigenvalue weighted by molar-refractivity contribution is 7.90. The molecule has 110 valence electrons. The highest BCUT2D eigenvalue weighted by atomic mass is 32.2. The van der Waals surface area contributed by atoms with Crippen molar-refractivity contribution in [1.82, 2.24) is 0 Å².